The molecule has 0 fully saturated rings. The maximum Gasteiger partial charge on any atom is 0.412 e. The van der Waals surface area contributed by atoms with Crippen LogP contribution in [0.1, 0.15) is 32.8 Å². The number of rotatable bonds is 2. The van der Waals surface area contributed by atoms with Gasteiger partial charge in [0.05, 0.1) is 12.7 Å². The minimum atomic E-state index is -0.859. The lowest BCUT2D eigenvalue weighted by molar-refractivity contribution is 0.0696. The highest BCUT2D eigenvalue weighted by Crippen LogP contribution is 2.20. The van der Waals surface area contributed by atoms with E-state index in [0.717, 1.165) is 27.9 Å². The van der Waals surface area contributed by atoms with E-state index in [9.17, 15) is 9.59 Å². The van der Waals surface area contributed by atoms with Crippen molar-refractivity contribution in [2.24, 2.45) is 0 Å². The number of amides is 1. The van der Waals surface area contributed by atoms with Crippen molar-refractivity contribution in [3.05, 3.63) is 70.5 Å². The smallest absolute Gasteiger partial charge is 0.412 e. The summed E-state index contributed by atoms with van der Waals surface area (Å²) in [5.41, 5.74) is 3.65. The van der Waals surface area contributed by atoms with Gasteiger partial charge in [-0.2, -0.15) is 0 Å². The Balaban J connectivity index is 0.000000221. The van der Waals surface area contributed by atoms with Gasteiger partial charge in [0.25, 0.3) is 0 Å². The molecule has 2 aromatic carbocycles. The lowest BCUT2D eigenvalue weighted by Crippen LogP contribution is -2.30. The van der Waals surface area contributed by atoms with Crippen LogP contribution in [0.25, 0.3) is 11.0 Å². The van der Waals surface area contributed by atoms with E-state index >= 15 is 0 Å². The number of ether oxygens (including phenoxy) is 1. The lowest BCUT2D eigenvalue weighted by atomic mass is 10.1. The van der Waals surface area contributed by atoms with Gasteiger partial charge in [0.15, 0.2) is 0 Å². The molecule has 1 aromatic heterocycles. The normalized spacial score (nSPS) is 10.0. The first-order valence-corrected chi connectivity index (χ1v) is 8.46. The summed E-state index contributed by atoms with van der Waals surface area (Å²) in [6, 6.07) is 12.4. The number of fused-ring (bicyclic) bond motifs is 1. The molecular formula is C21H22N2O5. The van der Waals surface area contributed by atoms with Crippen LogP contribution in [-0.4, -0.2) is 30.1 Å². The molecule has 3 aromatic rings. The Morgan fingerprint density at radius 3 is 2.39 bits per heavy atom. The molecule has 0 aliphatic heterocycles. The minimum absolute atomic E-state index is 0.00222. The molecule has 146 valence electrons. The highest BCUT2D eigenvalue weighted by atomic mass is 16.5. The summed E-state index contributed by atoms with van der Waals surface area (Å²) in [7, 11) is 1.26. The number of carbonyl (C=O) groups excluding carboxylic acids is 1. The molecule has 0 atom stereocenters. The van der Waals surface area contributed by atoms with E-state index in [1.807, 2.05) is 26.0 Å². The molecule has 28 heavy (non-hydrogen) atoms. The first-order valence-electron chi connectivity index (χ1n) is 8.46. The predicted molar refractivity (Wildman–Crippen MR) is 106 cm³/mol. The molecule has 0 aliphatic carbocycles. The fourth-order valence-electron chi connectivity index (χ4n) is 2.61. The number of methoxy groups -OCH3 is 1. The summed E-state index contributed by atoms with van der Waals surface area (Å²) < 4.78 is 9.85. The number of carbonyl (C=O) groups is 2. The third-order valence-corrected chi connectivity index (χ3v) is 3.95. The van der Waals surface area contributed by atoms with Crippen molar-refractivity contribution in [2.75, 3.05) is 7.11 Å². The quantitative estimate of drug-likeness (QED) is 0.448. The molecule has 0 spiro atoms. The summed E-state index contributed by atoms with van der Waals surface area (Å²) in [5.74, 6) is -0.0512. The van der Waals surface area contributed by atoms with Crippen LogP contribution in [0.15, 0.2) is 46.9 Å². The van der Waals surface area contributed by atoms with Crippen molar-refractivity contribution in [1.82, 2.24) is 5.32 Å². The van der Waals surface area contributed by atoms with E-state index in [4.69, 9.17) is 14.9 Å². The molecular weight excluding hydrogens is 360 g/mol. The molecule has 0 saturated carbocycles. The van der Waals surface area contributed by atoms with Gasteiger partial charge in [-0.05, 0) is 56.7 Å². The molecule has 3 N–H and O–H groups in total. The van der Waals surface area contributed by atoms with Crippen LogP contribution >= 0.6 is 0 Å². The second kappa shape index (κ2) is 8.85. The molecule has 7 nitrogen and oxygen atoms in total. The van der Waals surface area contributed by atoms with Crippen LogP contribution in [0.5, 0.6) is 0 Å². The molecule has 0 radical (unpaired) electrons. The Bertz CT molecular complexity index is 1040. The Labute approximate surface area is 162 Å². The number of benzene rings is 2. The molecule has 7 heteroatoms. The zero-order valence-electron chi connectivity index (χ0n) is 16.1. The van der Waals surface area contributed by atoms with Gasteiger partial charge in [0.2, 0.25) is 0 Å². The molecule has 0 bridgehead atoms. The topological polar surface area (TPSA) is 113 Å². The fraction of sp³-hybridized carbons (Fsp3) is 0.190. The van der Waals surface area contributed by atoms with Crippen LogP contribution in [-0.2, 0) is 4.74 Å². The van der Waals surface area contributed by atoms with Gasteiger partial charge in [-0.25, -0.2) is 9.59 Å². The SMILES string of the molecule is COC(=O)NC(=N)c1ccc2oc(C)cc2c1.Cc1ccc(C(=O)O)c(C)c1. The van der Waals surface area contributed by atoms with Crippen LogP contribution in [0.4, 0.5) is 4.79 Å². The van der Waals surface area contributed by atoms with Crippen molar-refractivity contribution in [1.29, 1.82) is 5.41 Å². The summed E-state index contributed by atoms with van der Waals surface area (Å²) in [4.78, 5) is 21.5. The van der Waals surface area contributed by atoms with Crippen LogP contribution in [0, 0.1) is 26.2 Å². The largest absolute Gasteiger partial charge is 0.478 e. The number of aryl methyl sites for hydroxylation is 3. The number of amidine groups is 1. The van der Waals surface area contributed by atoms with Crippen molar-refractivity contribution in [3.63, 3.8) is 0 Å². The number of carboxylic acid groups (broad SMARTS) is 1. The van der Waals surface area contributed by atoms with Gasteiger partial charge in [-0.1, -0.05) is 17.7 Å². The van der Waals surface area contributed by atoms with Crippen molar-refractivity contribution in [2.45, 2.75) is 20.8 Å². The van der Waals surface area contributed by atoms with Gasteiger partial charge in [0, 0.05) is 10.9 Å². The zero-order valence-corrected chi connectivity index (χ0v) is 16.1. The van der Waals surface area contributed by atoms with Crippen LogP contribution in [0.2, 0.25) is 0 Å². The third kappa shape index (κ3) is 5.20. The minimum Gasteiger partial charge on any atom is -0.478 e. The van der Waals surface area contributed by atoms with Gasteiger partial charge in [0.1, 0.15) is 17.2 Å². The van der Waals surface area contributed by atoms with E-state index in [-0.39, 0.29) is 5.84 Å². The maximum absolute atomic E-state index is 11.0. The molecule has 3 rings (SSSR count). The third-order valence-electron chi connectivity index (χ3n) is 3.95. The number of nitrogens with one attached hydrogen (secondary N) is 2. The van der Waals surface area contributed by atoms with E-state index in [1.165, 1.54) is 7.11 Å². The van der Waals surface area contributed by atoms with Crippen LogP contribution in [0.3, 0.4) is 0 Å². The Hall–Kier alpha value is -3.61. The van der Waals surface area contributed by atoms with Gasteiger partial charge < -0.3 is 14.3 Å². The van der Waals surface area contributed by atoms with E-state index in [1.54, 1.807) is 37.3 Å². The molecule has 0 unspecified atom stereocenters. The van der Waals surface area contributed by atoms with Crippen molar-refractivity contribution >= 4 is 28.9 Å². The summed E-state index contributed by atoms with van der Waals surface area (Å²) in [5, 5.41) is 19.6. The number of aromatic carboxylic acids is 1. The van der Waals surface area contributed by atoms with Gasteiger partial charge in [-0.3, -0.25) is 10.7 Å². The Morgan fingerprint density at radius 1 is 1.07 bits per heavy atom. The predicted octanol–water partition coefficient (Wildman–Crippen LogP) is 4.42. The van der Waals surface area contributed by atoms with E-state index < -0.39 is 12.1 Å². The average Bonchev–Trinajstić information content (AvgIpc) is 3.00. The van der Waals surface area contributed by atoms with E-state index in [0.29, 0.717) is 11.1 Å². The standard InChI is InChI=1S/C12H12N2O3.C9H10O2/c1-7-5-9-6-8(3-4-10(9)17-7)11(13)14-12(15)16-2;1-6-3-4-8(9(10)11)7(2)5-6/h3-6H,1-2H3,(H2,13,14,15);3-5H,1-2H3,(H,10,11). The number of hydrogen-bond acceptors (Lipinski definition) is 5. The van der Waals surface area contributed by atoms with E-state index in [2.05, 4.69) is 10.1 Å². The molecule has 1 amide bonds. The number of furan rings is 1. The van der Waals surface area contributed by atoms with Gasteiger partial charge in [-0.15, -0.1) is 0 Å². The monoisotopic (exact) mass is 382 g/mol. The number of alkyl carbamates (subject to hydrolysis) is 1. The first kappa shape index (κ1) is 20.7. The second-order valence-corrected chi connectivity index (χ2v) is 6.22. The Kier molecular flexibility index (Phi) is 6.55. The molecule has 0 saturated heterocycles. The van der Waals surface area contributed by atoms with Gasteiger partial charge >= 0.3 is 12.1 Å². The second-order valence-electron chi connectivity index (χ2n) is 6.22. The lowest BCUT2D eigenvalue weighted by Gasteiger charge is -2.05. The summed E-state index contributed by atoms with van der Waals surface area (Å²) >= 11 is 0. The fourth-order valence-corrected chi connectivity index (χ4v) is 2.61. The molecule has 0 aliphatic rings. The maximum atomic E-state index is 11.0. The number of hydrogen-bond donors (Lipinski definition) is 3. The number of carboxylic acids is 1. The highest BCUT2D eigenvalue weighted by Gasteiger charge is 2.08. The Morgan fingerprint density at radius 2 is 1.79 bits per heavy atom. The molecule has 1 heterocycles. The summed E-state index contributed by atoms with van der Waals surface area (Å²) in [6.07, 6.45) is -0.654. The van der Waals surface area contributed by atoms with Crippen LogP contribution < -0.4 is 5.32 Å². The zero-order chi connectivity index (χ0) is 20.8. The highest BCUT2D eigenvalue weighted by molar-refractivity contribution is 6.06. The first-order chi connectivity index (χ1) is 13.2. The average molecular weight is 382 g/mol. The summed E-state index contributed by atoms with van der Waals surface area (Å²) in [6.45, 7) is 5.60. The van der Waals surface area contributed by atoms with Crippen molar-refractivity contribution in [3.8, 4) is 0 Å². The van der Waals surface area contributed by atoms with Crippen molar-refractivity contribution < 1.29 is 23.8 Å².